The van der Waals surface area contributed by atoms with E-state index in [2.05, 4.69) is 16.0 Å². The number of hydrogen-bond acceptors (Lipinski definition) is 3. The van der Waals surface area contributed by atoms with E-state index in [1.54, 1.807) is 0 Å². The Hall–Kier alpha value is -3.28. The molecule has 3 N–H and O–H groups in total. The number of carbonyl (C=O) groups is 2. The van der Waals surface area contributed by atoms with E-state index < -0.39 is 12.1 Å². The van der Waals surface area contributed by atoms with E-state index >= 15 is 0 Å². The SMILES string of the molecule is O=C1NC[C@@H](C(=O)N[C@@H](c2ccccc2)c2cc3ccccc3o2)N1. The smallest absolute Gasteiger partial charge is 0.315 e. The number of furan rings is 1. The molecule has 1 aromatic heterocycles. The Labute approximate surface area is 144 Å². The molecule has 6 heteroatoms. The lowest BCUT2D eigenvalue weighted by molar-refractivity contribution is -0.123. The average molecular weight is 335 g/mol. The van der Waals surface area contributed by atoms with Crippen LogP contribution in [0.1, 0.15) is 17.4 Å². The largest absolute Gasteiger partial charge is 0.459 e. The van der Waals surface area contributed by atoms with Gasteiger partial charge in [0, 0.05) is 11.9 Å². The fourth-order valence-electron chi connectivity index (χ4n) is 2.97. The Morgan fingerprint density at radius 3 is 2.60 bits per heavy atom. The maximum Gasteiger partial charge on any atom is 0.315 e. The lowest BCUT2D eigenvalue weighted by atomic mass is 10.0. The second kappa shape index (κ2) is 6.32. The first-order chi connectivity index (χ1) is 12.2. The van der Waals surface area contributed by atoms with E-state index in [1.807, 2.05) is 60.7 Å². The summed E-state index contributed by atoms with van der Waals surface area (Å²) >= 11 is 0. The molecule has 2 aromatic carbocycles. The van der Waals surface area contributed by atoms with Gasteiger partial charge in [0.05, 0.1) is 0 Å². The van der Waals surface area contributed by atoms with Crippen LogP contribution >= 0.6 is 0 Å². The molecule has 0 spiro atoms. The standard InChI is InChI=1S/C19H17N3O3/c23-18(14-11-20-19(24)21-14)22-17(12-6-2-1-3-7-12)16-10-13-8-4-5-9-15(13)25-16/h1-10,14,17H,11H2,(H,22,23)(H2,20,21,24)/t14-,17-/m0/s1. The second-order valence-corrected chi connectivity index (χ2v) is 5.95. The number of fused-ring (bicyclic) bond motifs is 1. The molecule has 0 unspecified atom stereocenters. The first-order valence-electron chi connectivity index (χ1n) is 8.09. The van der Waals surface area contributed by atoms with Gasteiger partial charge in [0.25, 0.3) is 0 Å². The lowest BCUT2D eigenvalue weighted by Crippen LogP contribution is -2.44. The van der Waals surface area contributed by atoms with Crippen LogP contribution in [0.25, 0.3) is 11.0 Å². The summed E-state index contributed by atoms with van der Waals surface area (Å²) in [6.45, 7) is 0.270. The van der Waals surface area contributed by atoms with Crippen LogP contribution in [0.2, 0.25) is 0 Å². The van der Waals surface area contributed by atoms with Gasteiger partial charge in [-0.2, -0.15) is 0 Å². The highest BCUT2D eigenvalue weighted by atomic mass is 16.3. The zero-order chi connectivity index (χ0) is 17.2. The third-order valence-corrected chi connectivity index (χ3v) is 4.24. The maximum absolute atomic E-state index is 12.6. The van der Waals surface area contributed by atoms with Gasteiger partial charge in [0.1, 0.15) is 23.4 Å². The summed E-state index contributed by atoms with van der Waals surface area (Å²) in [6.07, 6.45) is 0. The van der Waals surface area contributed by atoms with E-state index in [1.165, 1.54) is 0 Å². The van der Waals surface area contributed by atoms with E-state index in [0.29, 0.717) is 5.76 Å². The molecule has 2 atom stereocenters. The molecule has 1 aliphatic rings. The predicted molar refractivity (Wildman–Crippen MR) is 93.0 cm³/mol. The summed E-state index contributed by atoms with van der Waals surface area (Å²) in [5.41, 5.74) is 1.68. The number of para-hydroxylation sites is 1. The number of nitrogens with one attached hydrogen (secondary N) is 3. The van der Waals surface area contributed by atoms with Crippen molar-refractivity contribution in [1.29, 1.82) is 0 Å². The van der Waals surface area contributed by atoms with Crippen LogP contribution in [0.5, 0.6) is 0 Å². The highest BCUT2D eigenvalue weighted by molar-refractivity contribution is 5.90. The zero-order valence-corrected chi connectivity index (χ0v) is 13.4. The van der Waals surface area contributed by atoms with Crippen molar-refractivity contribution in [3.63, 3.8) is 0 Å². The summed E-state index contributed by atoms with van der Waals surface area (Å²) in [5.74, 6) is 0.394. The van der Waals surface area contributed by atoms with Crippen LogP contribution in [-0.2, 0) is 4.79 Å². The van der Waals surface area contributed by atoms with Gasteiger partial charge < -0.3 is 20.4 Å². The molecule has 3 amide bonds. The Morgan fingerprint density at radius 2 is 1.88 bits per heavy atom. The van der Waals surface area contributed by atoms with E-state index in [-0.39, 0.29) is 18.5 Å². The number of rotatable bonds is 4. The van der Waals surface area contributed by atoms with Gasteiger partial charge in [-0.05, 0) is 17.7 Å². The van der Waals surface area contributed by atoms with E-state index in [4.69, 9.17) is 4.42 Å². The van der Waals surface area contributed by atoms with Crippen molar-refractivity contribution in [2.24, 2.45) is 0 Å². The minimum absolute atomic E-state index is 0.257. The number of amides is 3. The third-order valence-electron chi connectivity index (χ3n) is 4.24. The number of benzene rings is 2. The molecular formula is C19H17N3O3. The molecule has 0 aliphatic carbocycles. The molecule has 0 bridgehead atoms. The molecule has 25 heavy (non-hydrogen) atoms. The van der Waals surface area contributed by atoms with Crippen LogP contribution in [0.3, 0.4) is 0 Å². The van der Waals surface area contributed by atoms with Crippen molar-refractivity contribution in [2.75, 3.05) is 6.54 Å². The quantitative estimate of drug-likeness (QED) is 0.684. The highest BCUT2D eigenvalue weighted by Gasteiger charge is 2.30. The molecule has 1 aliphatic heterocycles. The van der Waals surface area contributed by atoms with Crippen molar-refractivity contribution in [2.45, 2.75) is 12.1 Å². The highest BCUT2D eigenvalue weighted by Crippen LogP contribution is 2.28. The van der Waals surface area contributed by atoms with Crippen LogP contribution < -0.4 is 16.0 Å². The van der Waals surface area contributed by atoms with Crippen molar-refractivity contribution >= 4 is 22.9 Å². The van der Waals surface area contributed by atoms with Crippen molar-refractivity contribution in [3.05, 3.63) is 72.0 Å². The Balaban J connectivity index is 1.67. The number of hydrogen-bond donors (Lipinski definition) is 3. The fraction of sp³-hybridized carbons (Fsp3) is 0.158. The van der Waals surface area contributed by atoms with Crippen molar-refractivity contribution in [3.8, 4) is 0 Å². The summed E-state index contributed by atoms with van der Waals surface area (Å²) in [4.78, 5) is 23.8. The summed E-state index contributed by atoms with van der Waals surface area (Å²) in [5, 5.41) is 9.15. The summed E-state index contributed by atoms with van der Waals surface area (Å²) in [7, 11) is 0. The molecule has 1 saturated heterocycles. The monoisotopic (exact) mass is 335 g/mol. The van der Waals surface area contributed by atoms with Crippen molar-refractivity contribution < 1.29 is 14.0 Å². The van der Waals surface area contributed by atoms with Crippen molar-refractivity contribution in [1.82, 2.24) is 16.0 Å². The van der Waals surface area contributed by atoms with Gasteiger partial charge in [-0.1, -0.05) is 48.5 Å². The molecule has 6 nitrogen and oxygen atoms in total. The number of carbonyl (C=O) groups excluding carboxylic acids is 2. The molecule has 1 fully saturated rings. The Bertz CT molecular complexity index is 887. The first-order valence-corrected chi connectivity index (χ1v) is 8.09. The van der Waals surface area contributed by atoms with Gasteiger partial charge in [-0.3, -0.25) is 4.79 Å². The molecule has 2 heterocycles. The fourth-order valence-corrected chi connectivity index (χ4v) is 2.97. The second-order valence-electron chi connectivity index (χ2n) is 5.95. The van der Waals surface area contributed by atoms with Gasteiger partial charge in [0.15, 0.2) is 0 Å². The van der Waals surface area contributed by atoms with Gasteiger partial charge in [-0.15, -0.1) is 0 Å². The predicted octanol–water partition coefficient (Wildman–Crippen LogP) is 2.32. The van der Waals surface area contributed by atoms with Crippen LogP contribution in [0.4, 0.5) is 4.79 Å². The molecule has 0 saturated carbocycles. The molecule has 126 valence electrons. The normalized spacial score (nSPS) is 17.8. The van der Waals surface area contributed by atoms with Gasteiger partial charge >= 0.3 is 6.03 Å². The topological polar surface area (TPSA) is 83.4 Å². The summed E-state index contributed by atoms with van der Waals surface area (Å²) in [6, 6.07) is 17.9. The molecular weight excluding hydrogens is 318 g/mol. The summed E-state index contributed by atoms with van der Waals surface area (Å²) < 4.78 is 5.95. The zero-order valence-electron chi connectivity index (χ0n) is 13.4. The minimum Gasteiger partial charge on any atom is -0.459 e. The third kappa shape index (κ3) is 3.06. The van der Waals surface area contributed by atoms with E-state index in [9.17, 15) is 9.59 Å². The number of urea groups is 1. The minimum atomic E-state index is -0.594. The Kier molecular flexibility index (Phi) is 3.85. The van der Waals surface area contributed by atoms with Gasteiger partial charge in [-0.25, -0.2) is 4.79 Å². The maximum atomic E-state index is 12.6. The van der Waals surface area contributed by atoms with Crippen LogP contribution in [0, 0.1) is 0 Å². The van der Waals surface area contributed by atoms with Gasteiger partial charge in [0.2, 0.25) is 5.91 Å². The average Bonchev–Trinajstić information content (AvgIpc) is 3.26. The van der Waals surface area contributed by atoms with Crippen LogP contribution in [0.15, 0.2) is 65.1 Å². The van der Waals surface area contributed by atoms with E-state index in [0.717, 1.165) is 16.5 Å². The van der Waals surface area contributed by atoms with Crippen LogP contribution in [-0.4, -0.2) is 24.5 Å². The molecule has 3 aromatic rings. The molecule has 0 radical (unpaired) electrons. The first kappa shape index (κ1) is 15.3. The lowest BCUT2D eigenvalue weighted by Gasteiger charge is -2.19. The Morgan fingerprint density at radius 1 is 1.12 bits per heavy atom. The molecule has 4 rings (SSSR count).